The maximum absolute atomic E-state index is 13.3. The fourth-order valence-corrected chi connectivity index (χ4v) is 1.84. The van der Waals surface area contributed by atoms with Gasteiger partial charge in [0.05, 0.1) is 11.9 Å². The number of halogens is 1. The number of pyridine rings is 1. The number of carbonyl (C=O) groups excluding carboxylic acids is 2. The lowest BCUT2D eigenvalue weighted by molar-refractivity contribution is -0.143. The van der Waals surface area contributed by atoms with E-state index >= 15 is 0 Å². The summed E-state index contributed by atoms with van der Waals surface area (Å²) in [7, 11) is 0. The van der Waals surface area contributed by atoms with Crippen LogP contribution < -0.4 is 10.6 Å². The molecule has 1 aliphatic rings. The summed E-state index contributed by atoms with van der Waals surface area (Å²) in [4.78, 5) is 28.7. The normalized spacial score (nSPS) is 15.7. The van der Waals surface area contributed by atoms with Gasteiger partial charge < -0.3 is 15.5 Å². The van der Waals surface area contributed by atoms with Crippen LogP contribution in [-0.4, -0.2) is 47.9 Å². The first-order valence-corrected chi connectivity index (χ1v) is 6.09. The van der Waals surface area contributed by atoms with Gasteiger partial charge in [0, 0.05) is 25.8 Å². The van der Waals surface area contributed by atoms with E-state index in [1.165, 1.54) is 17.2 Å². The molecule has 0 unspecified atom stereocenters. The van der Waals surface area contributed by atoms with E-state index < -0.39 is 17.6 Å². The molecular weight excluding hydrogens is 251 g/mol. The van der Waals surface area contributed by atoms with Crippen molar-refractivity contribution in [2.45, 2.75) is 6.42 Å². The summed E-state index contributed by atoms with van der Waals surface area (Å²) in [5, 5.41) is 5.40. The van der Waals surface area contributed by atoms with Crippen LogP contribution in [0.3, 0.4) is 0 Å². The maximum Gasteiger partial charge on any atom is 0.313 e. The third kappa shape index (κ3) is 3.47. The number of amides is 2. The van der Waals surface area contributed by atoms with Gasteiger partial charge in [-0.05, 0) is 19.0 Å². The SMILES string of the molecule is O=C(Nc1ccncc1F)C(=O)N1CCCNCC1. The van der Waals surface area contributed by atoms with E-state index in [2.05, 4.69) is 15.6 Å². The summed E-state index contributed by atoms with van der Waals surface area (Å²) in [6.07, 6.45) is 3.12. The Hall–Kier alpha value is -2.02. The van der Waals surface area contributed by atoms with Gasteiger partial charge >= 0.3 is 11.8 Å². The van der Waals surface area contributed by atoms with Crippen molar-refractivity contribution >= 4 is 17.5 Å². The lowest BCUT2D eigenvalue weighted by atomic mass is 10.3. The number of carbonyl (C=O) groups is 2. The molecule has 1 fully saturated rings. The van der Waals surface area contributed by atoms with Gasteiger partial charge in [0.1, 0.15) is 0 Å². The Bertz CT molecular complexity index is 473. The molecule has 2 rings (SSSR count). The van der Waals surface area contributed by atoms with Crippen LogP contribution in [0.15, 0.2) is 18.5 Å². The maximum atomic E-state index is 13.3. The minimum Gasteiger partial charge on any atom is -0.333 e. The summed E-state index contributed by atoms with van der Waals surface area (Å²) in [6.45, 7) is 2.48. The molecule has 0 radical (unpaired) electrons. The van der Waals surface area contributed by atoms with Crippen molar-refractivity contribution in [2.24, 2.45) is 0 Å². The standard InChI is InChI=1S/C12H15FN4O2/c13-9-8-15-4-2-10(9)16-11(18)12(19)17-6-1-3-14-5-7-17/h2,4,8,14H,1,3,5-7H2,(H,15,16,18). The zero-order chi connectivity index (χ0) is 13.7. The van der Waals surface area contributed by atoms with Crippen molar-refractivity contribution in [1.29, 1.82) is 0 Å². The van der Waals surface area contributed by atoms with Gasteiger partial charge in [-0.25, -0.2) is 4.39 Å². The Morgan fingerprint density at radius 3 is 3.00 bits per heavy atom. The van der Waals surface area contributed by atoms with Crippen LogP contribution >= 0.6 is 0 Å². The van der Waals surface area contributed by atoms with E-state index in [1.807, 2.05) is 0 Å². The summed E-state index contributed by atoms with van der Waals surface area (Å²) >= 11 is 0. The first kappa shape index (κ1) is 13.4. The highest BCUT2D eigenvalue weighted by Crippen LogP contribution is 2.11. The van der Waals surface area contributed by atoms with Crippen molar-refractivity contribution < 1.29 is 14.0 Å². The van der Waals surface area contributed by atoms with Crippen molar-refractivity contribution in [3.8, 4) is 0 Å². The van der Waals surface area contributed by atoms with E-state index in [1.54, 1.807) is 0 Å². The van der Waals surface area contributed by atoms with Crippen molar-refractivity contribution in [3.63, 3.8) is 0 Å². The molecule has 0 spiro atoms. The molecule has 1 aliphatic heterocycles. The highest BCUT2D eigenvalue weighted by molar-refractivity contribution is 6.39. The second-order valence-corrected chi connectivity index (χ2v) is 4.21. The minimum atomic E-state index is -0.827. The van der Waals surface area contributed by atoms with Crippen LogP contribution in [0.25, 0.3) is 0 Å². The largest absolute Gasteiger partial charge is 0.333 e. The van der Waals surface area contributed by atoms with E-state index in [9.17, 15) is 14.0 Å². The first-order chi connectivity index (χ1) is 9.18. The number of hydrogen-bond acceptors (Lipinski definition) is 4. The second-order valence-electron chi connectivity index (χ2n) is 4.21. The Morgan fingerprint density at radius 1 is 1.37 bits per heavy atom. The molecule has 1 aromatic rings. The Labute approximate surface area is 110 Å². The van der Waals surface area contributed by atoms with Crippen molar-refractivity contribution in [2.75, 3.05) is 31.5 Å². The number of nitrogens with zero attached hydrogens (tertiary/aromatic N) is 2. The van der Waals surface area contributed by atoms with Gasteiger partial charge in [0.2, 0.25) is 0 Å². The molecule has 7 heteroatoms. The molecule has 1 aromatic heterocycles. The molecule has 0 saturated carbocycles. The number of nitrogens with one attached hydrogen (secondary N) is 2. The molecule has 0 aliphatic carbocycles. The minimum absolute atomic E-state index is 0.0405. The Kier molecular flexibility index (Phi) is 4.40. The average Bonchev–Trinajstić information content (AvgIpc) is 2.69. The van der Waals surface area contributed by atoms with Crippen LogP contribution in [0.4, 0.5) is 10.1 Å². The summed E-state index contributed by atoms with van der Waals surface area (Å²) in [5.41, 5.74) is -0.0405. The van der Waals surface area contributed by atoms with Gasteiger partial charge in [-0.3, -0.25) is 14.6 Å². The molecule has 1 saturated heterocycles. The quantitative estimate of drug-likeness (QED) is 0.701. The van der Waals surface area contributed by atoms with E-state index in [0.717, 1.165) is 19.2 Å². The lowest BCUT2D eigenvalue weighted by Gasteiger charge is -2.19. The monoisotopic (exact) mass is 266 g/mol. The molecule has 0 aromatic carbocycles. The number of aromatic nitrogens is 1. The van der Waals surface area contributed by atoms with Crippen LogP contribution in [-0.2, 0) is 9.59 Å². The van der Waals surface area contributed by atoms with Crippen molar-refractivity contribution in [3.05, 3.63) is 24.3 Å². The Balaban J connectivity index is 1.99. The molecule has 102 valence electrons. The summed E-state index contributed by atoms with van der Waals surface area (Å²) in [5.74, 6) is -2.13. The highest BCUT2D eigenvalue weighted by Gasteiger charge is 2.23. The van der Waals surface area contributed by atoms with Gasteiger partial charge in [-0.1, -0.05) is 0 Å². The summed E-state index contributed by atoms with van der Waals surface area (Å²) in [6, 6.07) is 1.31. The molecule has 2 N–H and O–H groups in total. The predicted octanol–water partition coefficient (Wildman–Crippen LogP) is -0.0189. The fourth-order valence-electron chi connectivity index (χ4n) is 1.84. The lowest BCUT2D eigenvalue weighted by Crippen LogP contribution is -2.41. The Morgan fingerprint density at radius 2 is 2.21 bits per heavy atom. The first-order valence-electron chi connectivity index (χ1n) is 6.09. The molecule has 2 heterocycles. The fraction of sp³-hybridized carbons (Fsp3) is 0.417. The molecule has 0 bridgehead atoms. The van der Waals surface area contributed by atoms with Crippen LogP contribution in [0.2, 0.25) is 0 Å². The predicted molar refractivity (Wildman–Crippen MR) is 66.9 cm³/mol. The third-order valence-electron chi connectivity index (χ3n) is 2.84. The molecule has 19 heavy (non-hydrogen) atoms. The van der Waals surface area contributed by atoms with E-state index in [0.29, 0.717) is 19.6 Å². The van der Waals surface area contributed by atoms with Crippen LogP contribution in [0, 0.1) is 5.82 Å². The zero-order valence-electron chi connectivity index (χ0n) is 10.4. The van der Waals surface area contributed by atoms with Gasteiger partial charge in [-0.15, -0.1) is 0 Å². The molecule has 6 nitrogen and oxygen atoms in total. The third-order valence-corrected chi connectivity index (χ3v) is 2.84. The zero-order valence-corrected chi connectivity index (χ0v) is 10.4. The number of anilines is 1. The number of hydrogen-bond donors (Lipinski definition) is 2. The van der Waals surface area contributed by atoms with Crippen LogP contribution in [0.5, 0.6) is 0 Å². The average molecular weight is 266 g/mol. The summed E-state index contributed by atoms with van der Waals surface area (Å²) < 4.78 is 13.3. The van der Waals surface area contributed by atoms with E-state index in [-0.39, 0.29) is 5.69 Å². The molecule has 2 amide bonds. The molecular formula is C12H15FN4O2. The highest BCUT2D eigenvalue weighted by atomic mass is 19.1. The van der Waals surface area contributed by atoms with Gasteiger partial charge in [0.25, 0.3) is 0 Å². The second kappa shape index (κ2) is 6.24. The van der Waals surface area contributed by atoms with E-state index in [4.69, 9.17) is 0 Å². The smallest absolute Gasteiger partial charge is 0.313 e. The van der Waals surface area contributed by atoms with Crippen molar-refractivity contribution in [1.82, 2.24) is 15.2 Å². The topological polar surface area (TPSA) is 74.3 Å². The number of rotatable bonds is 1. The van der Waals surface area contributed by atoms with Crippen LogP contribution in [0.1, 0.15) is 6.42 Å². The van der Waals surface area contributed by atoms with Gasteiger partial charge in [-0.2, -0.15) is 0 Å². The molecule has 0 atom stereocenters. The van der Waals surface area contributed by atoms with Gasteiger partial charge in [0.15, 0.2) is 5.82 Å².